The second kappa shape index (κ2) is 8.25. The predicted octanol–water partition coefficient (Wildman–Crippen LogP) is 4.14. The van der Waals surface area contributed by atoms with E-state index < -0.39 is 6.04 Å². The van der Waals surface area contributed by atoms with E-state index in [4.69, 9.17) is 0 Å². The number of benzene rings is 2. The molecule has 3 amide bonds. The van der Waals surface area contributed by atoms with Gasteiger partial charge in [0.2, 0.25) is 5.91 Å². The van der Waals surface area contributed by atoms with E-state index in [1.54, 1.807) is 29.2 Å². The zero-order chi connectivity index (χ0) is 20.3. The van der Waals surface area contributed by atoms with Gasteiger partial charge in [-0.25, -0.2) is 4.79 Å². The van der Waals surface area contributed by atoms with Gasteiger partial charge < -0.3 is 15.5 Å². The molecule has 2 aromatic carbocycles. The molecule has 1 atom stereocenters. The molecule has 0 saturated carbocycles. The first-order valence-electron chi connectivity index (χ1n) is 9.42. The number of Topliss-reactive ketones (excluding diaryl/α,β-unsaturated/α-hetero) is 1. The van der Waals surface area contributed by atoms with Crippen molar-refractivity contribution in [1.82, 2.24) is 4.90 Å². The Bertz CT molecular complexity index is 903. The highest BCUT2D eigenvalue weighted by atomic mass is 16.2. The Morgan fingerprint density at radius 1 is 1.00 bits per heavy atom. The summed E-state index contributed by atoms with van der Waals surface area (Å²) in [7, 11) is 0. The molecule has 1 aliphatic rings. The highest BCUT2D eigenvalue weighted by molar-refractivity contribution is 6.01. The van der Waals surface area contributed by atoms with Crippen molar-refractivity contribution in [3.8, 4) is 0 Å². The van der Waals surface area contributed by atoms with E-state index in [-0.39, 0.29) is 17.7 Å². The fourth-order valence-electron chi connectivity index (χ4n) is 3.51. The summed E-state index contributed by atoms with van der Waals surface area (Å²) in [6, 6.07) is 11.8. The van der Waals surface area contributed by atoms with Crippen LogP contribution in [0.1, 0.15) is 41.3 Å². The summed E-state index contributed by atoms with van der Waals surface area (Å²) >= 11 is 0. The zero-order valence-corrected chi connectivity index (χ0v) is 16.4. The monoisotopic (exact) mass is 379 g/mol. The van der Waals surface area contributed by atoms with Gasteiger partial charge in [0.25, 0.3) is 0 Å². The molecule has 1 aliphatic heterocycles. The minimum atomic E-state index is -0.519. The highest BCUT2D eigenvalue weighted by Crippen LogP contribution is 2.24. The van der Waals surface area contributed by atoms with Crippen LogP contribution < -0.4 is 10.6 Å². The largest absolute Gasteiger partial charge is 0.324 e. The highest BCUT2D eigenvalue weighted by Gasteiger charge is 2.34. The molecule has 1 fully saturated rings. The molecule has 1 heterocycles. The van der Waals surface area contributed by atoms with Crippen LogP contribution in [0.5, 0.6) is 0 Å². The predicted molar refractivity (Wildman–Crippen MR) is 110 cm³/mol. The molecule has 0 aliphatic carbocycles. The maximum Gasteiger partial charge on any atom is 0.322 e. The summed E-state index contributed by atoms with van der Waals surface area (Å²) in [6.07, 6.45) is 1.39. The molecule has 0 radical (unpaired) electrons. The van der Waals surface area contributed by atoms with Gasteiger partial charge in [0, 0.05) is 23.5 Å². The number of carbonyl (C=O) groups excluding carboxylic acids is 3. The smallest absolute Gasteiger partial charge is 0.322 e. The van der Waals surface area contributed by atoms with Crippen LogP contribution in [0.25, 0.3) is 0 Å². The number of ketones is 1. The molecule has 2 N–H and O–H groups in total. The molecular formula is C22H25N3O3. The lowest BCUT2D eigenvalue weighted by Gasteiger charge is -2.25. The minimum Gasteiger partial charge on any atom is -0.324 e. The molecule has 0 bridgehead atoms. The second-order valence-electron chi connectivity index (χ2n) is 7.17. The summed E-state index contributed by atoms with van der Waals surface area (Å²) in [6.45, 7) is 5.89. The number of rotatable bonds is 4. The van der Waals surface area contributed by atoms with E-state index in [0.717, 1.165) is 23.2 Å². The average molecular weight is 379 g/mol. The fourth-order valence-corrected chi connectivity index (χ4v) is 3.51. The van der Waals surface area contributed by atoms with Gasteiger partial charge >= 0.3 is 6.03 Å². The zero-order valence-electron chi connectivity index (χ0n) is 16.4. The number of aryl methyl sites for hydroxylation is 2. The molecule has 0 aromatic heterocycles. The fraction of sp³-hybridized carbons (Fsp3) is 0.318. The summed E-state index contributed by atoms with van der Waals surface area (Å²) in [4.78, 5) is 38.7. The van der Waals surface area contributed by atoms with Gasteiger partial charge in [0.15, 0.2) is 5.78 Å². The van der Waals surface area contributed by atoms with Crippen molar-refractivity contribution in [3.63, 3.8) is 0 Å². The van der Waals surface area contributed by atoms with Gasteiger partial charge in [-0.2, -0.15) is 0 Å². The van der Waals surface area contributed by atoms with Crippen LogP contribution in [0, 0.1) is 13.8 Å². The number of carbonyl (C=O) groups is 3. The van der Waals surface area contributed by atoms with Crippen LogP contribution in [0.3, 0.4) is 0 Å². The quantitative estimate of drug-likeness (QED) is 0.784. The Labute approximate surface area is 164 Å². The van der Waals surface area contributed by atoms with E-state index in [1.807, 2.05) is 32.0 Å². The molecule has 3 rings (SSSR count). The van der Waals surface area contributed by atoms with Crippen LogP contribution in [0.15, 0.2) is 42.5 Å². The number of likely N-dealkylation sites (tertiary alicyclic amines) is 1. The Hall–Kier alpha value is -3.15. The van der Waals surface area contributed by atoms with Crippen molar-refractivity contribution < 1.29 is 14.4 Å². The van der Waals surface area contributed by atoms with Crippen molar-refractivity contribution in [1.29, 1.82) is 0 Å². The summed E-state index contributed by atoms with van der Waals surface area (Å²) < 4.78 is 0. The van der Waals surface area contributed by atoms with Crippen LogP contribution in [0.2, 0.25) is 0 Å². The number of para-hydroxylation sites is 1. The van der Waals surface area contributed by atoms with Gasteiger partial charge in [0.05, 0.1) is 0 Å². The maximum atomic E-state index is 12.9. The summed E-state index contributed by atoms with van der Waals surface area (Å²) in [5.74, 6) is -0.245. The number of amides is 3. The molecule has 6 nitrogen and oxygen atoms in total. The molecule has 2 aromatic rings. The first-order valence-corrected chi connectivity index (χ1v) is 9.42. The first kappa shape index (κ1) is 19.6. The third-order valence-electron chi connectivity index (χ3n) is 5.07. The molecule has 28 heavy (non-hydrogen) atoms. The van der Waals surface area contributed by atoms with Gasteiger partial charge in [-0.1, -0.05) is 30.3 Å². The number of nitrogens with zero attached hydrogens (tertiary/aromatic N) is 1. The number of anilines is 2. The Morgan fingerprint density at radius 3 is 2.36 bits per heavy atom. The molecular weight excluding hydrogens is 354 g/mol. The lowest BCUT2D eigenvalue weighted by Crippen LogP contribution is -2.45. The lowest BCUT2D eigenvalue weighted by molar-refractivity contribution is -0.119. The van der Waals surface area contributed by atoms with Crippen LogP contribution >= 0.6 is 0 Å². The average Bonchev–Trinajstić information content (AvgIpc) is 3.15. The maximum absolute atomic E-state index is 12.9. The standard InChI is InChI=1S/C22H25N3O3/c1-14-7-4-8-15(2)20(14)24-21(27)19-11-6-12-25(19)22(28)23-18-10-5-9-17(13-18)16(3)26/h4-5,7-10,13,19H,6,11-12H2,1-3H3,(H,23,28)(H,24,27)/t19-/m1/s1. The third-order valence-corrected chi connectivity index (χ3v) is 5.07. The Morgan fingerprint density at radius 2 is 1.68 bits per heavy atom. The topological polar surface area (TPSA) is 78.5 Å². The molecule has 6 heteroatoms. The van der Waals surface area contributed by atoms with Crippen molar-refractivity contribution in [2.24, 2.45) is 0 Å². The van der Waals surface area contributed by atoms with Crippen LogP contribution in [0.4, 0.5) is 16.2 Å². The van der Waals surface area contributed by atoms with Crippen molar-refractivity contribution in [2.75, 3.05) is 17.2 Å². The van der Waals surface area contributed by atoms with Gasteiger partial charge in [0.1, 0.15) is 6.04 Å². The summed E-state index contributed by atoms with van der Waals surface area (Å²) in [5, 5.41) is 5.79. The van der Waals surface area contributed by atoms with Crippen molar-refractivity contribution >= 4 is 29.1 Å². The van der Waals surface area contributed by atoms with E-state index in [1.165, 1.54) is 6.92 Å². The molecule has 1 saturated heterocycles. The van der Waals surface area contributed by atoms with Gasteiger partial charge in [-0.15, -0.1) is 0 Å². The number of urea groups is 1. The number of hydrogen-bond acceptors (Lipinski definition) is 3. The van der Waals surface area contributed by atoms with Crippen molar-refractivity contribution in [3.05, 3.63) is 59.2 Å². The normalized spacial score (nSPS) is 16.0. The van der Waals surface area contributed by atoms with Gasteiger partial charge in [-0.05, 0) is 56.9 Å². The lowest BCUT2D eigenvalue weighted by atomic mass is 10.1. The third kappa shape index (κ3) is 4.22. The molecule has 0 unspecified atom stereocenters. The molecule has 146 valence electrons. The Kier molecular flexibility index (Phi) is 5.78. The van der Waals surface area contributed by atoms with Crippen LogP contribution in [-0.4, -0.2) is 35.2 Å². The van der Waals surface area contributed by atoms with Crippen molar-refractivity contribution in [2.45, 2.75) is 39.7 Å². The molecule has 0 spiro atoms. The number of hydrogen-bond donors (Lipinski definition) is 2. The SMILES string of the molecule is CC(=O)c1cccc(NC(=O)N2CCC[C@@H]2C(=O)Nc2c(C)cccc2C)c1. The Balaban J connectivity index is 1.71. The number of nitrogens with one attached hydrogen (secondary N) is 2. The first-order chi connectivity index (χ1) is 13.4. The van der Waals surface area contributed by atoms with Crippen LogP contribution in [-0.2, 0) is 4.79 Å². The van der Waals surface area contributed by atoms with E-state index in [9.17, 15) is 14.4 Å². The van der Waals surface area contributed by atoms with E-state index in [2.05, 4.69) is 10.6 Å². The van der Waals surface area contributed by atoms with E-state index >= 15 is 0 Å². The van der Waals surface area contributed by atoms with E-state index in [0.29, 0.717) is 24.2 Å². The summed E-state index contributed by atoms with van der Waals surface area (Å²) in [5.41, 5.74) is 3.85. The van der Waals surface area contributed by atoms with Gasteiger partial charge in [-0.3, -0.25) is 9.59 Å². The minimum absolute atomic E-state index is 0.0665. The second-order valence-corrected chi connectivity index (χ2v) is 7.17.